The zero-order valence-corrected chi connectivity index (χ0v) is 14.0. The molecule has 0 saturated carbocycles. The first-order valence-corrected chi connectivity index (χ1v) is 7.89. The topological polar surface area (TPSA) is 83.9 Å². The van der Waals surface area contributed by atoms with E-state index in [9.17, 15) is 13.2 Å². The number of quaternary nitrogens is 1. The van der Waals surface area contributed by atoms with Crippen molar-refractivity contribution in [3.63, 3.8) is 0 Å². The molecule has 1 aromatic carbocycles. The SMILES string of the molecule is CN(C)C(=O)Oc1cccc([N+](C)(C)C)c1.CS(=O)(=O)O. The van der Waals surface area contributed by atoms with Crippen LogP contribution >= 0.6 is 0 Å². The van der Waals surface area contributed by atoms with Crippen LogP contribution in [0, 0.1) is 0 Å². The molecule has 120 valence electrons. The lowest BCUT2D eigenvalue weighted by molar-refractivity contribution is 0.172. The second-order valence-electron chi connectivity index (χ2n) is 5.51. The third-order valence-electron chi connectivity index (χ3n) is 2.16. The first-order chi connectivity index (χ1) is 9.30. The molecular weight excluding hydrogens is 296 g/mol. The molecular formula is C13H23N2O5S+. The van der Waals surface area contributed by atoms with Crippen molar-refractivity contribution in [1.82, 2.24) is 9.38 Å². The van der Waals surface area contributed by atoms with Gasteiger partial charge in [0.15, 0.2) is 0 Å². The molecule has 7 nitrogen and oxygen atoms in total. The van der Waals surface area contributed by atoms with Gasteiger partial charge in [0, 0.05) is 20.2 Å². The van der Waals surface area contributed by atoms with Gasteiger partial charge in [-0.1, -0.05) is 6.07 Å². The van der Waals surface area contributed by atoms with Crippen LogP contribution in [-0.2, 0) is 10.1 Å². The van der Waals surface area contributed by atoms with Gasteiger partial charge in [0.05, 0.1) is 27.4 Å². The summed E-state index contributed by atoms with van der Waals surface area (Å²) in [6.45, 7) is 0. The smallest absolute Gasteiger partial charge is 0.410 e. The van der Waals surface area contributed by atoms with Gasteiger partial charge in [-0.25, -0.2) is 4.79 Å². The molecule has 0 bridgehead atoms. The number of hydrogen-bond donors (Lipinski definition) is 1. The van der Waals surface area contributed by atoms with Crippen LogP contribution in [0.25, 0.3) is 0 Å². The maximum Gasteiger partial charge on any atom is 0.414 e. The van der Waals surface area contributed by atoms with Crippen LogP contribution in [0.3, 0.4) is 0 Å². The number of nitrogens with zero attached hydrogens (tertiary/aromatic N) is 2. The van der Waals surface area contributed by atoms with Gasteiger partial charge in [0.1, 0.15) is 11.4 Å². The molecule has 0 aromatic heterocycles. The van der Waals surface area contributed by atoms with Gasteiger partial charge < -0.3 is 9.64 Å². The van der Waals surface area contributed by atoms with Crippen LogP contribution in [0.5, 0.6) is 5.75 Å². The van der Waals surface area contributed by atoms with E-state index in [0.29, 0.717) is 16.5 Å². The van der Waals surface area contributed by atoms with E-state index >= 15 is 0 Å². The fraction of sp³-hybridized carbons (Fsp3) is 0.462. The third-order valence-corrected chi connectivity index (χ3v) is 2.16. The summed E-state index contributed by atoms with van der Waals surface area (Å²) >= 11 is 0. The minimum absolute atomic E-state index is 0.362. The van der Waals surface area contributed by atoms with E-state index in [1.807, 2.05) is 18.2 Å². The highest BCUT2D eigenvalue weighted by molar-refractivity contribution is 7.85. The molecule has 21 heavy (non-hydrogen) atoms. The summed E-state index contributed by atoms with van der Waals surface area (Å²) in [5, 5.41) is 0. The summed E-state index contributed by atoms with van der Waals surface area (Å²) in [5.41, 5.74) is 1.09. The summed E-state index contributed by atoms with van der Waals surface area (Å²) in [7, 11) is 5.84. The lowest BCUT2D eigenvalue weighted by Gasteiger charge is -2.23. The maximum atomic E-state index is 11.4. The van der Waals surface area contributed by atoms with E-state index in [0.717, 1.165) is 5.69 Å². The number of benzene rings is 1. The molecule has 1 N–H and O–H groups in total. The Labute approximate surface area is 126 Å². The predicted molar refractivity (Wildman–Crippen MR) is 83.2 cm³/mol. The largest absolute Gasteiger partial charge is 0.414 e. The molecule has 0 spiro atoms. The maximum absolute atomic E-state index is 11.4. The molecule has 0 saturated heterocycles. The number of ether oxygens (including phenoxy) is 1. The van der Waals surface area contributed by atoms with E-state index in [2.05, 4.69) is 21.1 Å². The molecule has 0 unspecified atom stereocenters. The fourth-order valence-electron chi connectivity index (χ4n) is 1.16. The Hall–Kier alpha value is -1.64. The Morgan fingerprint density at radius 3 is 2.10 bits per heavy atom. The molecule has 8 heteroatoms. The number of carbonyl (C=O) groups excluding carboxylic acids is 1. The molecule has 0 aliphatic heterocycles. The molecule has 1 rings (SSSR count). The third kappa shape index (κ3) is 9.83. The van der Waals surface area contributed by atoms with Gasteiger partial charge >= 0.3 is 6.09 Å². The van der Waals surface area contributed by atoms with Crippen molar-refractivity contribution in [2.24, 2.45) is 0 Å². The summed E-state index contributed by atoms with van der Waals surface area (Å²) in [6, 6.07) is 7.55. The van der Waals surface area contributed by atoms with Gasteiger partial charge in [-0.05, 0) is 12.1 Å². The number of carbonyl (C=O) groups is 1. The van der Waals surface area contributed by atoms with Crippen LogP contribution in [0.1, 0.15) is 0 Å². The van der Waals surface area contributed by atoms with Crippen molar-refractivity contribution in [3.8, 4) is 5.75 Å². The van der Waals surface area contributed by atoms with E-state index in [-0.39, 0.29) is 6.09 Å². The molecule has 0 aliphatic carbocycles. The second-order valence-corrected chi connectivity index (χ2v) is 6.97. The lowest BCUT2D eigenvalue weighted by atomic mass is 10.2. The molecule has 0 aliphatic rings. The summed E-state index contributed by atoms with van der Waals surface area (Å²) < 4.78 is 31.7. The second kappa shape index (κ2) is 7.39. The van der Waals surface area contributed by atoms with Crippen LogP contribution < -0.4 is 9.22 Å². The van der Waals surface area contributed by atoms with E-state index < -0.39 is 10.1 Å². The Morgan fingerprint density at radius 1 is 1.24 bits per heavy atom. The van der Waals surface area contributed by atoms with Crippen LogP contribution in [-0.4, -0.2) is 65.5 Å². The predicted octanol–water partition coefficient (Wildman–Crippen LogP) is 1.45. The minimum Gasteiger partial charge on any atom is -0.410 e. The van der Waals surface area contributed by atoms with E-state index in [4.69, 9.17) is 9.29 Å². The normalized spacial score (nSPS) is 11.2. The average molecular weight is 319 g/mol. The Balaban J connectivity index is 0.000000690. The average Bonchev–Trinajstić information content (AvgIpc) is 2.25. The van der Waals surface area contributed by atoms with E-state index in [1.165, 1.54) is 4.90 Å². The first-order valence-electron chi connectivity index (χ1n) is 6.04. The van der Waals surface area contributed by atoms with Gasteiger partial charge in [-0.3, -0.25) is 9.04 Å². The van der Waals surface area contributed by atoms with Gasteiger partial charge in [-0.15, -0.1) is 0 Å². The highest BCUT2D eigenvalue weighted by Gasteiger charge is 2.14. The molecule has 1 aromatic rings. The highest BCUT2D eigenvalue weighted by Crippen LogP contribution is 2.22. The van der Waals surface area contributed by atoms with Crippen LogP contribution in [0.15, 0.2) is 24.3 Å². The zero-order chi connectivity index (χ0) is 16.8. The monoisotopic (exact) mass is 319 g/mol. The molecule has 0 radical (unpaired) electrons. The molecule has 0 heterocycles. The van der Waals surface area contributed by atoms with Crippen molar-refractivity contribution in [1.29, 1.82) is 0 Å². The van der Waals surface area contributed by atoms with Crippen molar-refractivity contribution < 1.29 is 22.5 Å². The van der Waals surface area contributed by atoms with E-state index in [1.54, 1.807) is 20.2 Å². The van der Waals surface area contributed by atoms with Crippen LogP contribution in [0.4, 0.5) is 10.5 Å². The minimum atomic E-state index is -3.67. The molecule has 1 amide bonds. The zero-order valence-electron chi connectivity index (χ0n) is 13.2. The van der Waals surface area contributed by atoms with Gasteiger partial charge in [0.25, 0.3) is 10.1 Å². The summed E-state index contributed by atoms with van der Waals surface area (Å²) in [6.07, 6.45) is 0.353. The first kappa shape index (κ1) is 19.4. The Kier molecular flexibility index (Phi) is 6.81. The Bertz CT molecular complexity index is 568. The number of rotatable bonds is 2. The fourth-order valence-corrected chi connectivity index (χ4v) is 1.16. The van der Waals surface area contributed by atoms with Gasteiger partial charge in [0.2, 0.25) is 0 Å². The summed E-state index contributed by atoms with van der Waals surface area (Å²) in [4.78, 5) is 12.8. The lowest BCUT2D eigenvalue weighted by Crippen LogP contribution is -2.34. The molecule has 0 atom stereocenters. The van der Waals surface area contributed by atoms with Crippen LogP contribution in [0.2, 0.25) is 0 Å². The number of amides is 1. The summed E-state index contributed by atoms with van der Waals surface area (Å²) in [5.74, 6) is 0.573. The standard InChI is InChI=1S/C12H19N2O2.CH4O3S/c1-13(2)12(15)16-11-8-6-7-10(9-11)14(3,4)5;1-5(2,3)4/h6-9H,1-5H3;1H3,(H,2,3,4)/q+1;. The van der Waals surface area contributed by atoms with Crippen molar-refractivity contribution in [2.75, 3.05) is 41.5 Å². The van der Waals surface area contributed by atoms with Crippen molar-refractivity contribution in [2.45, 2.75) is 0 Å². The molecule has 0 fully saturated rings. The Morgan fingerprint density at radius 2 is 1.71 bits per heavy atom. The van der Waals surface area contributed by atoms with Gasteiger partial charge in [-0.2, -0.15) is 8.42 Å². The highest BCUT2D eigenvalue weighted by atomic mass is 32.2. The number of hydrogen-bond acceptors (Lipinski definition) is 4. The van der Waals surface area contributed by atoms with Crippen molar-refractivity contribution >= 4 is 21.9 Å². The quantitative estimate of drug-likeness (QED) is 0.659. The van der Waals surface area contributed by atoms with Crippen molar-refractivity contribution in [3.05, 3.63) is 24.3 Å².